The number of hydrogen-bond donors (Lipinski definition) is 2. The van der Waals surface area contributed by atoms with Gasteiger partial charge in [0.25, 0.3) is 5.91 Å². The van der Waals surface area contributed by atoms with E-state index in [2.05, 4.69) is 12.2 Å². The lowest BCUT2D eigenvalue weighted by molar-refractivity contribution is -0.133. The molecule has 1 fully saturated rings. The highest BCUT2D eigenvalue weighted by atomic mass is 35.5. The zero-order valence-corrected chi connectivity index (χ0v) is 16.0. The first-order chi connectivity index (χ1) is 11.6. The maximum absolute atomic E-state index is 12.5. The van der Waals surface area contributed by atoms with Gasteiger partial charge < -0.3 is 20.5 Å². The Morgan fingerprint density at radius 3 is 2.64 bits per heavy atom. The normalized spacial score (nSPS) is 21.1. The summed E-state index contributed by atoms with van der Waals surface area (Å²) in [5.74, 6) is 1.36. The van der Waals surface area contributed by atoms with Crippen molar-refractivity contribution >= 4 is 24.0 Å². The summed E-state index contributed by atoms with van der Waals surface area (Å²) in [6, 6.07) is 7.32. The Bertz CT molecular complexity index is 510. The molecule has 1 amide bonds. The number of anilines is 1. The smallest absolute Gasteiger partial charge is 0.253 e. The summed E-state index contributed by atoms with van der Waals surface area (Å²) in [5.41, 5.74) is 6.16. The molecule has 0 aromatic heterocycles. The topological polar surface area (TPSA) is 73.6 Å². The molecule has 0 saturated heterocycles. The van der Waals surface area contributed by atoms with Gasteiger partial charge in [0.05, 0.1) is 6.10 Å². The molecule has 2 rings (SSSR count). The number of carbonyl (C=O) groups is 1. The van der Waals surface area contributed by atoms with E-state index in [9.17, 15) is 4.79 Å². The fourth-order valence-corrected chi connectivity index (χ4v) is 3.11. The van der Waals surface area contributed by atoms with Gasteiger partial charge in [0.2, 0.25) is 0 Å². The second-order valence-corrected chi connectivity index (χ2v) is 6.58. The van der Waals surface area contributed by atoms with Gasteiger partial charge in [-0.15, -0.1) is 12.4 Å². The first-order valence-electron chi connectivity index (χ1n) is 9.01. The third-order valence-electron chi connectivity index (χ3n) is 4.42. The van der Waals surface area contributed by atoms with E-state index < -0.39 is 6.10 Å². The van der Waals surface area contributed by atoms with Crippen LogP contribution in [0.5, 0.6) is 5.75 Å². The number of ether oxygens (including phenoxy) is 2. The Morgan fingerprint density at radius 2 is 2.04 bits per heavy atom. The Kier molecular flexibility index (Phi) is 9.86. The predicted octanol–water partition coefficient (Wildman–Crippen LogP) is 3.76. The Balaban J connectivity index is 0.00000312. The van der Waals surface area contributed by atoms with Crippen LogP contribution >= 0.6 is 12.4 Å². The van der Waals surface area contributed by atoms with Gasteiger partial charge in [0, 0.05) is 12.2 Å². The van der Waals surface area contributed by atoms with E-state index in [1.54, 1.807) is 0 Å². The van der Waals surface area contributed by atoms with Crippen LogP contribution in [0.3, 0.4) is 0 Å². The summed E-state index contributed by atoms with van der Waals surface area (Å²) in [6.45, 7) is 5.20. The molecule has 1 aliphatic rings. The second-order valence-electron chi connectivity index (χ2n) is 6.58. The van der Waals surface area contributed by atoms with Crippen LogP contribution in [0.4, 0.5) is 5.69 Å². The minimum absolute atomic E-state index is 0. The first-order valence-corrected chi connectivity index (χ1v) is 9.01. The molecule has 1 saturated carbocycles. The summed E-state index contributed by atoms with van der Waals surface area (Å²) in [7, 11) is 0. The highest BCUT2D eigenvalue weighted by molar-refractivity contribution is 5.94. The molecule has 3 atom stereocenters. The van der Waals surface area contributed by atoms with Crippen LogP contribution in [-0.2, 0) is 9.53 Å². The molecule has 5 nitrogen and oxygen atoms in total. The monoisotopic (exact) mass is 370 g/mol. The van der Waals surface area contributed by atoms with Crippen molar-refractivity contribution in [3.05, 3.63) is 24.3 Å². The van der Waals surface area contributed by atoms with Gasteiger partial charge in [-0.2, -0.15) is 0 Å². The molecule has 0 radical (unpaired) electrons. The second kappa shape index (κ2) is 11.3. The molecule has 0 spiro atoms. The van der Waals surface area contributed by atoms with E-state index in [0.717, 1.165) is 24.3 Å². The number of amides is 1. The van der Waals surface area contributed by atoms with Crippen molar-refractivity contribution in [3.8, 4) is 5.75 Å². The minimum atomic E-state index is -0.395. The van der Waals surface area contributed by atoms with Crippen molar-refractivity contribution < 1.29 is 14.3 Å². The van der Waals surface area contributed by atoms with E-state index in [-0.39, 0.29) is 24.4 Å². The first kappa shape index (κ1) is 21.7. The molecule has 3 unspecified atom stereocenters. The molecule has 0 heterocycles. The zero-order chi connectivity index (χ0) is 17.4. The summed E-state index contributed by atoms with van der Waals surface area (Å²) in [6.07, 6.45) is 5.05. The number of nitrogens with one attached hydrogen (secondary N) is 1. The number of benzene rings is 1. The van der Waals surface area contributed by atoms with E-state index >= 15 is 0 Å². The van der Waals surface area contributed by atoms with Crippen molar-refractivity contribution in [2.75, 3.05) is 18.5 Å². The number of nitrogens with two attached hydrogens (primary N) is 1. The van der Waals surface area contributed by atoms with Crippen LogP contribution in [0.2, 0.25) is 0 Å². The third-order valence-corrected chi connectivity index (χ3v) is 4.42. The molecule has 142 valence electrons. The third kappa shape index (κ3) is 7.22. The number of rotatable bonds is 8. The quantitative estimate of drug-likeness (QED) is 0.730. The van der Waals surface area contributed by atoms with E-state index in [1.807, 2.05) is 31.2 Å². The molecule has 25 heavy (non-hydrogen) atoms. The fraction of sp³-hybridized carbons (Fsp3) is 0.632. The molecular formula is C19H31ClN2O3. The molecule has 0 aliphatic heterocycles. The van der Waals surface area contributed by atoms with Gasteiger partial charge in [-0.1, -0.05) is 26.7 Å². The average Bonchev–Trinajstić information content (AvgIpc) is 2.59. The number of hydrogen-bond acceptors (Lipinski definition) is 4. The Morgan fingerprint density at radius 1 is 1.32 bits per heavy atom. The molecule has 1 aromatic carbocycles. The van der Waals surface area contributed by atoms with Crippen molar-refractivity contribution in [3.63, 3.8) is 0 Å². The van der Waals surface area contributed by atoms with Gasteiger partial charge in [-0.05, 0) is 49.4 Å². The van der Waals surface area contributed by atoms with Crippen molar-refractivity contribution in [1.82, 2.24) is 0 Å². The van der Waals surface area contributed by atoms with Gasteiger partial charge >= 0.3 is 0 Å². The molecule has 0 bridgehead atoms. The zero-order valence-electron chi connectivity index (χ0n) is 15.2. The van der Waals surface area contributed by atoms with Crippen molar-refractivity contribution in [2.45, 2.75) is 58.2 Å². The van der Waals surface area contributed by atoms with Crippen LogP contribution < -0.4 is 15.8 Å². The molecule has 1 aliphatic carbocycles. The molecule has 3 N–H and O–H groups in total. The summed E-state index contributed by atoms with van der Waals surface area (Å²) in [4.78, 5) is 12.5. The van der Waals surface area contributed by atoms with Crippen molar-refractivity contribution in [1.29, 1.82) is 0 Å². The summed E-state index contributed by atoms with van der Waals surface area (Å²) in [5, 5.41) is 2.93. The fourth-order valence-electron chi connectivity index (χ4n) is 3.11. The predicted molar refractivity (Wildman–Crippen MR) is 103 cm³/mol. The SMILES string of the molecule is CCC(OC1CCCC(C)C1)C(=O)Nc1ccc(OCCN)cc1.Cl. The van der Waals surface area contributed by atoms with Crippen LogP contribution in [0, 0.1) is 5.92 Å². The van der Waals surface area contributed by atoms with Crippen LogP contribution in [0.25, 0.3) is 0 Å². The standard InChI is InChI=1S/C19H30N2O3.ClH/c1-3-18(24-17-6-4-5-14(2)13-17)19(22)21-15-7-9-16(10-8-15)23-12-11-20;/h7-10,14,17-18H,3-6,11-13,20H2,1-2H3,(H,21,22);1H. The van der Waals surface area contributed by atoms with Crippen LogP contribution in [0.15, 0.2) is 24.3 Å². The maximum atomic E-state index is 12.5. The lowest BCUT2D eigenvalue weighted by atomic mass is 9.88. The highest BCUT2D eigenvalue weighted by Crippen LogP contribution is 2.27. The average molecular weight is 371 g/mol. The Labute approximate surface area is 157 Å². The number of halogens is 1. The van der Waals surface area contributed by atoms with Gasteiger partial charge in [-0.3, -0.25) is 4.79 Å². The highest BCUT2D eigenvalue weighted by Gasteiger charge is 2.25. The van der Waals surface area contributed by atoms with Gasteiger partial charge in [0.1, 0.15) is 18.5 Å². The van der Waals surface area contributed by atoms with Crippen LogP contribution in [-0.4, -0.2) is 31.3 Å². The van der Waals surface area contributed by atoms with E-state index in [4.69, 9.17) is 15.2 Å². The van der Waals surface area contributed by atoms with Gasteiger partial charge in [-0.25, -0.2) is 0 Å². The van der Waals surface area contributed by atoms with Crippen molar-refractivity contribution in [2.24, 2.45) is 11.7 Å². The molecular weight excluding hydrogens is 340 g/mol. The lowest BCUT2D eigenvalue weighted by Crippen LogP contribution is -2.35. The van der Waals surface area contributed by atoms with E-state index in [1.165, 1.54) is 12.8 Å². The summed E-state index contributed by atoms with van der Waals surface area (Å²) >= 11 is 0. The van der Waals surface area contributed by atoms with E-state index in [0.29, 0.717) is 25.5 Å². The minimum Gasteiger partial charge on any atom is -0.492 e. The lowest BCUT2D eigenvalue weighted by Gasteiger charge is -2.29. The maximum Gasteiger partial charge on any atom is 0.253 e. The number of carbonyl (C=O) groups excluding carboxylic acids is 1. The largest absolute Gasteiger partial charge is 0.492 e. The molecule has 1 aromatic rings. The van der Waals surface area contributed by atoms with Crippen LogP contribution in [0.1, 0.15) is 46.0 Å². The molecule has 6 heteroatoms. The summed E-state index contributed by atoms with van der Waals surface area (Å²) < 4.78 is 11.5. The van der Waals surface area contributed by atoms with Gasteiger partial charge in [0.15, 0.2) is 0 Å². The Hall–Kier alpha value is -1.30.